The fourth-order valence-corrected chi connectivity index (χ4v) is 4.54. The molecule has 1 atom stereocenters. The summed E-state index contributed by atoms with van der Waals surface area (Å²) in [5.74, 6) is 1.30. The Bertz CT molecular complexity index is 1000. The third kappa shape index (κ3) is 4.36. The molecule has 5 rings (SSSR count). The van der Waals surface area contributed by atoms with Gasteiger partial charge in [-0.2, -0.15) is 0 Å². The van der Waals surface area contributed by atoms with Crippen molar-refractivity contribution in [2.24, 2.45) is 11.1 Å². The molecule has 1 aliphatic carbocycles. The summed E-state index contributed by atoms with van der Waals surface area (Å²) in [6.45, 7) is 1.01. The third-order valence-electron chi connectivity index (χ3n) is 6.14. The first-order chi connectivity index (χ1) is 15.2. The van der Waals surface area contributed by atoms with Gasteiger partial charge in [-0.3, -0.25) is 4.79 Å². The number of nitrogens with zero attached hydrogens (tertiary/aromatic N) is 2. The molecule has 1 fully saturated rings. The molecule has 3 aliphatic rings. The van der Waals surface area contributed by atoms with E-state index in [0.717, 1.165) is 48.3 Å². The van der Waals surface area contributed by atoms with Crippen LogP contribution in [-0.4, -0.2) is 36.0 Å². The molecule has 1 saturated carbocycles. The topological polar surface area (TPSA) is 60.4 Å². The second-order valence-electron chi connectivity index (χ2n) is 8.37. The number of fused-ring (bicyclic) bond motifs is 1. The van der Waals surface area contributed by atoms with Crippen molar-refractivity contribution in [2.75, 3.05) is 13.3 Å². The predicted molar refractivity (Wildman–Crippen MR) is 112 cm³/mol. The van der Waals surface area contributed by atoms with Crippen LogP contribution in [0.15, 0.2) is 47.6 Å². The van der Waals surface area contributed by atoms with Crippen LogP contribution in [0.25, 0.3) is 0 Å². The molecule has 0 bridgehead atoms. The number of carbonyl (C=O) groups excluding carboxylic acids is 1. The maximum absolute atomic E-state index is 13.7. The van der Waals surface area contributed by atoms with E-state index in [0.29, 0.717) is 25.3 Å². The molecule has 0 aromatic heterocycles. The Morgan fingerprint density at radius 2 is 1.94 bits per heavy atom. The molecule has 1 amide bonds. The Morgan fingerprint density at radius 1 is 1.10 bits per heavy atom. The number of hydrogen-bond acceptors (Lipinski definition) is 5. The van der Waals surface area contributed by atoms with E-state index in [1.807, 2.05) is 29.2 Å². The minimum Gasteiger partial charge on any atom is -0.454 e. The fraction of sp³-hybridized carbons (Fsp3) is 0.417. The summed E-state index contributed by atoms with van der Waals surface area (Å²) in [6, 6.07) is 12.1. The van der Waals surface area contributed by atoms with Crippen LogP contribution < -0.4 is 9.47 Å². The zero-order chi connectivity index (χ0) is 21.2. The van der Waals surface area contributed by atoms with E-state index in [1.54, 1.807) is 6.07 Å². The molecular weight excluding hydrogens is 399 g/mol. The van der Waals surface area contributed by atoms with Crippen molar-refractivity contribution in [3.05, 3.63) is 59.4 Å². The van der Waals surface area contributed by atoms with Gasteiger partial charge in [0.25, 0.3) is 0 Å². The van der Waals surface area contributed by atoms with Gasteiger partial charge in [0.15, 0.2) is 17.6 Å². The molecule has 0 N–H and O–H groups in total. The Hall–Kier alpha value is -3.09. The van der Waals surface area contributed by atoms with Crippen LogP contribution in [0.1, 0.15) is 43.2 Å². The first kappa shape index (κ1) is 19.8. The van der Waals surface area contributed by atoms with Gasteiger partial charge in [-0.25, -0.2) is 4.39 Å². The van der Waals surface area contributed by atoms with Gasteiger partial charge in [-0.05, 0) is 48.7 Å². The highest BCUT2D eigenvalue weighted by molar-refractivity contribution is 6.01. The monoisotopic (exact) mass is 424 g/mol. The number of ether oxygens (including phenoxy) is 2. The highest BCUT2D eigenvalue weighted by atomic mass is 19.1. The van der Waals surface area contributed by atoms with Crippen molar-refractivity contribution < 1.29 is 23.5 Å². The third-order valence-corrected chi connectivity index (χ3v) is 6.14. The molecule has 31 heavy (non-hydrogen) atoms. The average Bonchev–Trinajstić information content (AvgIpc) is 3.53. The second-order valence-corrected chi connectivity index (χ2v) is 8.37. The van der Waals surface area contributed by atoms with Crippen LogP contribution in [0.5, 0.6) is 11.5 Å². The highest BCUT2D eigenvalue weighted by Gasteiger charge is 2.32. The van der Waals surface area contributed by atoms with Gasteiger partial charge in [-0.15, -0.1) is 0 Å². The summed E-state index contributed by atoms with van der Waals surface area (Å²) in [4.78, 5) is 20.7. The summed E-state index contributed by atoms with van der Waals surface area (Å²) in [7, 11) is 0. The quantitative estimate of drug-likeness (QED) is 0.695. The molecule has 2 heterocycles. The van der Waals surface area contributed by atoms with Crippen LogP contribution in [0.4, 0.5) is 4.39 Å². The zero-order valence-electron chi connectivity index (χ0n) is 17.3. The maximum Gasteiger partial charge on any atom is 0.231 e. The van der Waals surface area contributed by atoms with Crippen LogP contribution in [0, 0.1) is 11.7 Å². The SMILES string of the molecule is O=C(C1CCCC1)N(Cc1cccc(F)c1)CC1CC(c2ccc3c(c2)OCO3)=NO1. The van der Waals surface area contributed by atoms with Crippen LogP contribution in [-0.2, 0) is 16.2 Å². The molecule has 2 aromatic carbocycles. The van der Waals surface area contributed by atoms with E-state index >= 15 is 0 Å². The van der Waals surface area contributed by atoms with E-state index in [-0.39, 0.29) is 30.5 Å². The Balaban J connectivity index is 1.28. The first-order valence-corrected chi connectivity index (χ1v) is 10.8. The lowest BCUT2D eigenvalue weighted by molar-refractivity contribution is -0.137. The summed E-state index contributed by atoms with van der Waals surface area (Å²) < 4.78 is 24.5. The Morgan fingerprint density at radius 3 is 2.77 bits per heavy atom. The van der Waals surface area contributed by atoms with Crippen molar-refractivity contribution in [1.82, 2.24) is 4.90 Å². The highest BCUT2D eigenvalue weighted by Crippen LogP contribution is 2.34. The molecule has 7 heteroatoms. The number of rotatable bonds is 6. The molecular formula is C24H25FN2O4. The molecule has 2 aromatic rings. The summed E-state index contributed by atoms with van der Waals surface area (Å²) in [6.07, 6.45) is 4.37. The van der Waals surface area contributed by atoms with Gasteiger partial charge in [0.05, 0.1) is 12.3 Å². The number of halogens is 1. The van der Waals surface area contributed by atoms with Gasteiger partial charge in [0.2, 0.25) is 12.7 Å². The maximum atomic E-state index is 13.7. The Kier molecular flexibility index (Phi) is 5.49. The van der Waals surface area contributed by atoms with Gasteiger partial charge in [0, 0.05) is 24.4 Å². The van der Waals surface area contributed by atoms with Crippen molar-refractivity contribution >= 4 is 11.6 Å². The largest absolute Gasteiger partial charge is 0.454 e. The fourth-order valence-electron chi connectivity index (χ4n) is 4.54. The molecule has 162 valence electrons. The van der Waals surface area contributed by atoms with Crippen molar-refractivity contribution in [3.63, 3.8) is 0 Å². The number of amides is 1. The van der Waals surface area contributed by atoms with Crippen molar-refractivity contribution in [3.8, 4) is 11.5 Å². The van der Waals surface area contributed by atoms with Gasteiger partial charge in [-0.1, -0.05) is 30.1 Å². The lowest BCUT2D eigenvalue weighted by atomic mass is 10.0. The Labute approximate surface area is 180 Å². The predicted octanol–water partition coefficient (Wildman–Crippen LogP) is 4.27. The molecule has 0 spiro atoms. The van der Waals surface area contributed by atoms with E-state index in [9.17, 15) is 9.18 Å². The molecule has 2 aliphatic heterocycles. The lowest BCUT2D eigenvalue weighted by Crippen LogP contribution is -2.40. The van der Waals surface area contributed by atoms with Gasteiger partial charge < -0.3 is 19.2 Å². The summed E-state index contributed by atoms with van der Waals surface area (Å²) >= 11 is 0. The number of hydrogen-bond donors (Lipinski definition) is 0. The minimum atomic E-state index is -0.295. The number of carbonyl (C=O) groups is 1. The van der Waals surface area contributed by atoms with Crippen LogP contribution in [0.3, 0.4) is 0 Å². The second kappa shape index (κ2) is 8.57. The first-order valence-electron chi connectivity index (χ1n) is 10.8. The molecule has 0 radical (unpaired) electrons. The van der Waals surface area contributed by atoms with E-state index in [2.05, 4.69) is 5.16 Å². The minimum absolute atomic E-state index is 0.0456. The molecule has 6 nitrogen and oxygen atoms in total. The van der Waals surface area contributed by atoms with E-state index in [4.69, 9.17) is 14.3 Å². The van der Waals surface area contributed by atoms with E-state index < -0.39 is 0 Å². The average molecular weight is 424 g/mol. The zero-order valence-corrected chi connectivity index (χ0v) is 17.3. The lowest BCUT2D eigenvalue weighted by Gasteiger charge is -2.27. The number of oxime groups is 1. The smallest absolute Gasteiger partial charge is 0.231 e. The van der Waals surface area contributed by atoms with Crippen molar-refractivity contribution in [1.29, 1.82) is 0 Å². The van der Waals surface area contributed by atoms with Gasteiger partial charge >= 0.3 is 0 Å². The molecule has 0 saturated heterocycles. The van der Waals surface area contributed by atoms with Gasteiger partial charge in [0.1, 0.15) is 5.82 Å². The van der Waals surface area contributed by atoms with E-state index in [1.165, 1.54) is 12.1 Å². The van der Waals surface area contributed by atoms with Crippen LogP contribution >= 0.6 is 0 Å². The van der Waals surface area contributed by atoms with Crippen molar-refractivity contribution in [2.45, 2.75) is 44.8 Å². The standard InChI is InChI=1S/C24H25FN2O4/c25-19-7-3-4-16(10-19)13-27(24(28)17-5-1-2-6-17)14-20-12-21(26-31-20)18-8-9-22-23(11-18)30-15-29-22/h3-4,7-11,17,20H,1-2,5-6,12-15H2. The summed E-state index contributed by atoms with van der Waals surface area (Å²) in [5, 5.41) is 4.27. The number of benzene rings is 2. The molecule has 1 unspecified atom stereocenters. The normalized spacial score (nSPS) is 19.9. The van der Waals surface area contributed by atoms with Crippen LogP contribution in [0.2, 0.25) is 0 Å². The summed E-state index contributed by atoms with van der Waals surface area (Å²) in [5.41, 5.74) is 2.52.